The zero-order valence-electron chi connectivity index (χ0n) is 17.2. The van der Waals surface area contributed by atoms with E-state index in [1.807, 2.05) is 22.7 Å². The van der Waals surface area contributed by atoms with E-state index in [9.17, 15) is 0 Å². The summed E-state index contributed by atoms with van der Waals surface area (Å²) in [5, 5.41) is 9.60. The molecule has 0 spiro atoms. The number of nitrogens with zero attached hydrogens (tertiary/aromatic N) is 2. The van der Waals surface area contributed by atoms with Gasteiger partial charge in [-0.2, -0.15) is 0 Å². The third kappa shape index (κ3) is 2.59. The lowest BCUT2D eigenvalue weighted by molar-refractivity contribution is 0.597. The van der Waals surface area contributed by atoms with Crippen LogP contribution in [0.3, 0.4) is 0 Å². The van der Waals surface area contributed by atoms with E-state index >= 15 is 0 Å². The van der Waals surface area contributed by atoms with Crippen molar-refractivity contribution in [3.8, 4) is 11.3 Å². The van der Waals surface area contributed by atoms with Crippen LogP contribution in [-0.4, -0.2) is 9.97 Å². The molecule has 0 saturated carbocycles. The standard InChI is InChI=1S/C25H20N2S3/c1-13-11-29-17-5-6-18-20(19(13)17)21-22(26-12-27-24(21)30-18)15-9-14-7-8-28-23(14)16(10-15)25(2,3)4/h5-12H,1-4H3. The van der Waals surface area contributed by atoms with Crippen LogP contribution in [0, 0.1) is 6.92 Å². The topological polar surface area (TPSA) is 25.8 Å². The summed E-state index contributed by atoms with van der Waals surface area (Å²) in [4.78, 5) is 10.6. The fourth-order valence-electron chi connectivity index (χ4n) is 4.37. The summed E-state index contributed by atoms with van der Waals surface area (Å²) in [7, 11) is 0. The lowest BCUT2D eigenvalue weighted by atomic mass is 9.85. The van der Waals surface area contributed by atoms with E-state index in [-0.39, 0.29) is 5.41 Å². The summed E-state index contributed by atoms with van der Waals surface area (Å²) >= 11 is 5.41. The summed E-state index contributed by atoms with van der Waals surface area (Å²) in [5.41, 5.74) is 5.01. The molecule has 4 aromatic heterocycles. The Hall–Kier alpha value is -2.34. The average molecular weight is 445 g/mol. The maximum absolute atomic E-state index is 4.84. The van der Waals surface area contributed by atoms with Crippen molar-refractivity contribution in [3.63, 3.8) is 0 Å². The van der Waals surface area contributed by atoms with Gasteiger partial charge in [0.1, 0.15) is 11.2 Å². The van der Waals surface area contributed by atoms with Crippen molar-refractivity contribution < 1.29 is 0 Å². The van der Waals surface area contributed by atoms with Crippen molar-refractivity contribution in [1.82, 2.24) is 9.97 Å². The Morgan fingerprint density at radius 1 is 0.867 bits per heavy atom. The molecule has 6 aromatic rings. The van der Waals surface area contributed by atoms with E-state index in [0.29, 0.717) is 0 Å². The molecular weight excluding hydrogens is 424 g/mol. The van der Waals surface area contributed by atoms with Crippen LogP contribution in [0.25, 0.3) is 51.7 Å². The first-order valence-electron chi connectivity index (χ1n) is 9.98. The van der Waals surface area contributed by atoms with Crippen LogP contribution in [0.15, 0.2) is 47.4 Å². The van der Waals surface area contributed by atoms with Gasteiger partial charge in [0.2, 0.25) is 0 Å². The number of aromatic nitrogens is 2. The third-order valence-corrected chi connectivity index (χ3v) is 8.88. The number of benzene rings is 2. The molecule has 0 amide bonds. The second kappa shape index (κ2) is 6.33. The minimum absolute atomic E-state index is 0.0686. The van der Waals surface area contributed by atoms with E-state index in [4.69, 9.17) is 4.98 Å². The summed E-state index contributed by atoms with van der Waals surface area (Å²) in [6.45, 7) is 9.08. The average Bonchev–Trinajstić information content (AvgIpc) is 3.42. The Balaban J connectivity index is 1.78. The van der Waals surface area contributed by atoms with Gasteiger partial charge in [-0.15, -0.1) is 34.0 Å². The van der Waals surface area contributed by atoms with Gasteiger partial charge < -0.3 is 0 Å². The molecule has 2 nitrogen and oxygen atoms in total. The van der Waals surface area contributed by atoms with Gasteiger partial charge in [0.15, 0.2) is 0 Å². The Bertz CT molecular complexity index is 1590. The number of hydrogen-bond donors (Lipinski definition) is 0. The van der Waals surface area contributed by atoms with Gasteiger partial charge >= 0.3 is 0 Å². The predicted octanol–water partition coefficient (Wildman–Crippen LogP) is 8.55. The van der Waals surface area contributed by atoms with Crippen molar-refractivity contribution >= 4 is 74.5 Å². The molecule has 0 aliphatic rings. The molecule has 2 aromatic carbocycles. The highest BCUT2D eigenvalue weighted by Crippen LogP contribution is 2.45. The number of thiophene rings is 3. The first-order valence-corrected chi connectivity index (χ1v) is 12.6. The molecule has 0 N–H and O–H groups in total. The highest BCUT2D eigenvalue weighted by Gasteiger charge is 2.22. The molecule has 30 heavy (non-hydrogen) atoms. The minimum atomic E-state index is 0.0686. The van der Waals surface area contributed by atoms with Gasteiger partial charge in [-0.05, 0) is 69.9 Å². The fraction of sp³-hybridized carbons (Fsp3) is 0.200. The van der Waals surface area contributed by atoms with Gasteiger partial charge in [-0.25, -0.2) is 9.97 Å². The molecule has 148 valence electrons. The van der Waals surface area contributed by atoms with Gasteiger partial charge in [0.05, 0.1) is 5.69 Å². The number of aryl methyl sites for hydroxylation is 1. The van der Waals surface area contributed by atoms with Crippen LogP contribution < -0.4 is 0 Å². The first-order chi connectivity index (χ1) is 14.4. The molecule has 0 fully saturated rings. The van der Waals surface area contributed by atoms with E-state index in [1.54, 1.807) is 17.7 Å². The maximum Gasteiger partial charge on any atom is 0.128 e. The predicted molar refractivity (Wildman–Crippen MR) is 135 cm³/mol. The van der Waals surface area contributed by atoms with Crippen molar-refractivity contribution in [2.24, 2.45) is 0 Å². The van der Waals surface area contributed by atoms with Gasteiger partial charge in [0.25, 0.3) is 0 Å². The normalized spacial score (nSPS) is 12.7. The first kappa shape index (κ1) is 18.4. The van der Waals surface area contributed by atoms with Crippen LogP contribution in [0.2, 0.25) is 0 Å². The molecule has 0 aliphatic heterocycles. The van der Waals surface area contributed by atoms with Crippen LogP contribution in [0.1, 0.15) is 31.9 Å². The Kier molecular flexibility index (Phi) is 3.89. The molecule has 0 radical (unpaired) electrons. The monoisotopic (exact) mass is 444 g/mol. The van der Waals surface area contributed by atoms with Gasteiger partial charge in [0, 0.05) is 35.8 Å². The van der Waals surface area contributed by atoms with E-state index in [0.717, 1.165) is 10.5 Å². The lowest BCUT2D eigenvalue weighted by Crippen LogP contribution is -2.11. The lowest BCUT2D eigenvalue weighted by Gasteiger charge is -2.21. The highest BCUT2D eigenvalue weighted by atomic mass is 32.1. The van der Waals surface area contributed by atoms with Crippen LogP contribution >= 0.6 is 34.0 Å². The number of rotatable bonds is 1. The summed E-state index contributed by atoms with van der Waals surface area (Å²) < 4.78 is 3.99. The van der Waals surface area contributed by atoms with E-state index in [2.05, 4.69) is 73.8 Å². The van der Waals surface area contributed by atoms with Crippen molar-refractivity contribution in [3.05, 3.63) is 58.5 Å². The quantitative estimate of drug-likeness (QED) is 0.254. The second-order valence-electron chi connectivity index (χ2n) is 8.85. The van der Waals surface area contributed by atoms with Crippen LogP contribution in [0.5, 0.6) is 0 Å². The maximum atomic E-state index is 4.84. The van der Waals surface area contributed by atoms with E-state index < -0.39 is 0 Å². The smallest absolute Gasteiger partial charge is 0.128 e. The van der Waals surface area contributed by atoms with Gasteiger partial charge in [-0.3, -0.25) is 0 Å². The summed E-state index contributed by atoms with van der Waals surface area (Å²) in [6, 6.07) is 11.4. The molecule has 4 heterocycles. The molecule has 0 saturated heterocycles. The number of fused-ring (bicyclic) bond motifs is 6. The molecule has 0 unspecified atom stereocenters. The van der Waals surface area contributed by atoms with Crippen molar-refractivity contribution in [1.29, 1.82) is 0 Å². The molecule has 6 rings (SSSR count). The highest BCUT2D eigenvalue weighted by molar-refractivity contribution is 7.26. The Morgan fingerprint density at radius 2 is 1.70 bits per heavy atom. The molecular formula is C25H20N2S3. The summed E-state index contributed by atoms with van der Waals surface area (Å²) in [5.74, 6) is 0. The molecule has 5 heteroatoms. The number of hydrogen-bond acceptors (Lipinski definition) is 5. The molecule has 0 aliphatic carbocycles. The second-order valence-corrected chi connectivity index (χ2v) is 11.7. The van der Waals surface area contributed by atoms with Crippen molar-refractivity contribution in [2.45, 2.75) is 33.1 Å². The largest absolute Gasteiger partial charge is 0.236 e. The zero-order valence-corrected chi connectivity index (χ0v) is 19.7. The summed E-state index contributed by atoms with van der Waals surface area (Å²) in [6.07, 6.45) is 1.72. The Labute approximate surface area is 186 Å². The van der Waals surface area contributed by atoms with Gasteiger partial charge in [-0.1, -0.05) is 20.8 Å². The van der Waals surface area contributed by atoms with Crippen LogP contribution in [-0.2, 0) is 5.41 Å². The molecule has 0 bridgehead atoms. The third-order valence-electron chi connectivity index (χ3n) is 5.79. The SMILES string of the molecule is Cc1csc2ccc3sc4ncnc(-c5cc(C(C)(C)C)c6sccc6c5)c4c3c12. The fourth-order valence-corrected chi connectivity index (χ4v) is 7.48. The van der Waals surface area contributed by atoms with Crippen molar-refractivity contribution in [2.75, 3.05) is 0 Å². The zero-order chi connectivity index (χ0) is 20.6. The minimum Gasteiger partial charge on any atom is -0.236 e. The van der Waals surface area contributed by atoms with Crippen LogP contribution in [0.4, 0.5) is 0 Å². The Morgan fingerprint density at radius 3 is 2.53 bits per heavy atom. The molecule has 0 atom stereocenters. The van der Waals surface area contributed by atoms with E-state index in [1.165, 1.54) is 52.3 Å².